The number of nitriles is 1. The first-order valence-electron chi connectivity index (χ1n) is 5.97. The summed E-state index contributed by atoms with van der Waals surface area (Å²) in [4.78, 5) is 11.9. The van der Waals surface area contributed by atoms with E-state index in [1.54, 1.807) is 49.4 Å². The van der Waals surface area contributed by atoms with Crippen LogP contribution in [0.4, 0.5) is 0 Å². The molecule has 19 heavy (non-hydrogen) atoms. The number of nitrogens with zero attached hydrogens (tertiary/aromatic N) is 1. The fourth-order valence-corrected chi connectivity index (χ4v) is 1.82. The molecule has 0 fully saturated rings. The standard InChI is InChI=1S/C16H13NO2/c1-12(15-10-6-5-9-14(15)11-17)19-16(18)13-7-3-2-4-8-13/h2-10,12H,1H3. The van der Waals surface area contributed by atoms with E-state index in [4.69, 9.17) is 10.00 Å². The average Bonchev–Trinajstić information content (AvgIpc) is 2.48. The number of hydrogen-bond donors (Lipinski definition) is 0. The maximum absolute atomic E-state index is 11.9. The van der Waals surface area contributed by atoms with Crippen LogP contribution in [-0.2, 0) is 4.74 Å². The second-order valence-corrected chi connectivity index (χ2v) is 4.11. The van der Waals surface area contributed by atoms with Gasteiger partial charge in [-0.15, -0.1) is 0 Å². The summed E-state index contributed by atoms with van der Waals surface area (Å²) in [6, 6.07) is 18.0. The number of esters is 1. The Labute approximate surface area is 112 Å². The lowest BCUT2D eigenvalue weighted by Gasteiger charge is -2.14. The first-order chi connectivity index (χ1) is 9.22. The number of hydrogen-bond acceptors (Lipinski definition) is 3. The Morgan fingerprint density at radius 1 is 1.11 bits per heavy atom. The Kier molecular flexibility index (Phi) is 3.94. The molecule has 0 bridgehead atoms. The van der Waals surface area contributed by atoms with Gasteiger partial charge >= 0.3 is 5.97 Å². The minimum atomic E-state index is -0.455. The zero-order valence-electron chi connectivity index (χ0n) is 10.5. The van der Waals surface area contributed by atoms with Crippen molar-refractivity contribution < 1.29 is 9.53 Å². The van der Waals surface area contributed by atoms with Crippen LogP contribution in [0, 0.1) is 11.3 Å². The van der Waals surface area contributed by atoms with Gasteiger partial charge in [-0.2, -0.15) is 5.26 Å². The van der Waals surface area contributed by atoms with E-state index < -0.39 is 6.10 Å². The van der Waals surface area contributed by atoms with Gasteiger partial charge in [-0.25, -0.2) is 4.79 Å². The Morgan fingerprint density at radius 3 is 2.42 bits per heavy atom. The molecule has 0 saturated heterocycles. The van der Waals surface area contributed by atoms with E-state index in [0.717, 1.165) is 0 Å². The summed E-state index contributed by atoms with van der Waals surface area (Å²) in [5.74, 6) is -0.388. The predicted octanol–water partition coefficient (Wildman–Crippen LogP) is 3.48. The molecule has 0 aliphatic heterocycles. The van der Waals surface area contributed by atoms with E-state index in [2.05, 4.69) is 6.07 Å². The zero-order chi connectivity index (χ0) is 13.7. The Balaban J connectivity index is 2.16. The van der Waals surface area contributed by atoms with Crippen molar-refractivity contribution in [3.05, 3.63) is 71.3 Å². The third kappa shape index (κ3) is 2.99. The lowest BCUT2D eigenvalue weighted by atomic mass is 10.0. The van der Waals surface area contributed by atoms with E-state index >= 15 is 0 Å². The van der Waals surface area contributed by atoms with Gasteiger partial charge in [-0.1, -0.05) is 36.4 Å². The average molecular weight is 251 g/mol. The molecule has 1 atom stereocenters. The van der Waals surface area contributed by atoms with Crippen LogP contribution in [-0.4, -0.2) is 5.97 Å². The number of carbonyl (C=O) groups is 1. The van der Waals surface area contributed by atoms with Gasteiger partial charge in [0.25, 0.3) is 0 Å². The van der Waals surface area contributed by atoms with Crippen LogP contribution in [0.2, 0.25) is 0 Å². The molecule has 1 unspecified atom stereocenters. The highest BCUT2D eigenvalue weighted by atomic mass is 16.5. The molecule has 0 heterocycles. The Bertz CT molecular complexity index is 614. The highest BCUT2D eigenvalue weighted by molar-refractivity contribution is 5.89. The molecule has 0 saturated carbocycles. The molecule has 0 radical (unpaired) electrons. The number of carbonyl (C=O) groups excluding carboxylic acids is 1. The molecule has 0 aliphatic carbocycles. The summed E-state index contributed by atoms with van der Waals surface area (Å²) in [5.41, 5.74) is 1.74. The lowest BCUT2D eigenvalue weighted by molar-refractivity contribution is 0.0337. The Morgan fingerprint density at radius 2 is 1.74 bits per heavy atom. The topological polar surface area (TPSA) is 50.1 Å². The largest absolute Gasteiger partial charge is 0.454 e. The monoisotopic (exact) mass is 251 g/mol. The Hall–Kier alpha value is -2.60. The molecule has 0 amide bonds. The van der Waals surface area contributed by atoms with Crippen LogP contribution < -0.4 is 0 Å². The zero-order valence-corrected chi connectivity index (χ0v) is 10.5. The molecule has 94 valence electrons. The summed E-state index contributed by atoms with van der Waals surface area (Å²) >= 11 is 0. The van der Waals surface area contributed by atoms with Crippen LogP contribution >= 0.6 is 0 Å². The van der Waals surface area contributed by atoms with Crippen molar-refractivity contribution in [1.82, 2.24) is 0 Å². The quantitative estimate of drug-likeness (QED) is 0.785. The maximum Gasteiger partial charge on any atom is 0.338 e. The van der Waals surface area contributed by atoms with Gasteiger partial charge in [0, 0.05) is 5.56 Å². The minimum absolute atomic E-state index is 0.388. The molecular weight excluding hydrogens is 238 g/mol. The van der Waals surface area contributed by atoms with Crippen LogP contribution in [0.25, 0.3) is 0 Å². The number of ether oxygens (including phenoxy) is 1. The van der Waals surface area contributed by atoms with E-state index in [-0.39, 0.29) is 5.97 Å². The summed E-state index contributed by atoms with van der Waals surface area (Å²) in [6.45, 7) is 1.76. The van der Waals surface area contributed by atoms with Crippen LogP contribution in [0.1, 0.15) is 34.5 Å². The van der Waals surface area contributed by atoms with Gasteiger partial charge in [0.05, 0.1) is 17.2 Å². The predicted molar refractivity (Wildman–Crippen MR) is 71.4 cm³/mol. The first kappa shape index (κ1) is 12.8. The van der Waals surface area contributed by atoms with E-state index in [0.29, 0.717) is 16.7 Å². The van der Waals surface area contributed by atoms with Gasteiger partial charge in [0.15, 0.2) is 0 Å². The van der Waals surface area contributed by atoms with Gasteiger partial charge < -0.3 is 4.74 Å². The highest BCUT2D eigenvalue weighted by Crippen LogP contribution is 2.21. The van der Waals surface area contributed by atoms with Crippen molar-refractivity contribution in [2.24, 2.45) is 0 Å². The van der Waals surface area contributed by atoms with Crippen molar-refractivity contribution >= 4 is 5.97 Å². The molecule has 2 rings (SSSR count). The smallest absolute Gasteiger partial charge is 0.338 e. The van der Waals surface area contributed by atoms with Crippen molar-refractivity contribution in [3.63, 3.8) is 0 Å². The maximum atomic E-state index is 11.9. The first-order valence-corrected chi connectivity index (χ1v) is 5.97. The minimum Gasteiger partial charge on any atom is -0.454 e. The molecule has 3 nitrogen and oxygen atoms in total. The summed E-state index contributed by atoms with van der Waals surface area (Å²) in [6.07, 6.45) is -0.455. The molecule has 0 aromatic heterocycles. The second-order valence-electron chi connectivity index (χ2n) is 4.11. The summed E-state index contributed by atoms with van der Waals surface area (Å²) < 4.78 is 5.37. The third-order valence-corrected chi connectivity index (χ3v) is 2.81. The molecule has 0 aliphatic rings. The van der Waals surface area contributed by atoms with Crippen LogP contribution in [0.15, 0.2) is 54.6 Å². The fraction of sp³-hybridized carbons (Fsp3) is 0.125. The number of benzene rings is 2. The third-order valence-electron chi connectivity index (χ3n) is 2.81. The molecule has 2 aromatic rings. The van der Waals surface area contributed by atoms with Gasteiger partial charge in [-0.05, 0) is 25.1 Å². The van der Waals surface area contributed by atoms with Crippen molar-refractivity contribution in [1.29, 1.82) is 5.26 Å². The second kappa shape index (κ2) is 5.83. The lowest BCUT2D eigenvalue weighted by Crippen LogP contribution is -2.10. The SMILES string of the molecule is CC(OC(=O)c1ccccc1)c1ccccc1C#N. The summed E-state index contributed by atoms with van der Waals surface area (Å²) in [5, 5.41) is 9.03. The van der Waals surface area contributed by atoms with E-state index in [1.807, 2.05) is 12.1 Å². The normalized spacial score (nSPS) is 11.4. The highest BCUT2D eigenvalue weighted by Gasteiger charge is 2.15. The van der Waals surface area contributed by atoms with Gasteiger partial charge in [-0.3, -0.25) is 0 Å². The molecule has 0 N–H and O–H groups in total. The van der Waals surface area contributed by atoms with Crippen LogP contribution in [0.3, 0.4) is 0 Å². The molecule has 3 heteroatoms. The van der Waals surface area contributed by atoms with E-state index in [9.17, 15) is 4.79 Å². The van der Waals surface area contributed by atoms with Gasteiger partial charge in [0.2, 0.25) is 0 Å². The van der Waals surface area contributed by atoms with Crippen molar-refractivity contribution in [3.8, 4) is 6.07 Å². The number of rotatable bonds is 3. The molecule has 2 aromatic carbocycles. The van der Waals surface area contributed by atoms with E-state index in [1.165, 1.54) is 0 Å². The van der Waals surface area contributed by atoms with Crippen molar-refractivity contribution in [2.75, 3.05) is 0 Å². The van der Waals surface area contributed by atoms with Crippen LogP contribution in [0.5, 0.6) is 0 Å². The summed E-state index contributed by atoms with van der Waals surface area (Å²) in [7, 11) is 0. The molecule has 0 spiro atoms. The van der Waals surface area contributed by atoms with Crippen molar-refractivity contribution in [2.45, 2.75) is 13.0 Å². The fourth-order valence-electron chi connectivity index (χ4n) is 1.82. The van der Waals surface area contributed by atoms with Gasteiger partial charge in [0.1, 0.15) is 6.10 Å². The molecular formula is C16H13NO2.